The summed E-state index contributed by atoms with van der Waals surface area (Å²) in [5.41, 5.74) is 2.03. The molecule has 4 rings (SSSR count). The molecule has 0 radical (unpaired) electrons. The van der Waals surface area contributed by atoms with Crippen LogP contribution in [0.15, 0.2) is 86.6 Å². The van der Waals surface area contributed by atoms with E-state index in [1.54, 1.807) is 44.1 Å². The number of rotatable bonds is 6. The fraction of sp³-hybridized carbons (Fsp3) is 0.0952. The van der Waals surface area contributed by atoms with Gasteiger partial charge < -0.3 is 14.5 Å². The molecule has 0 atom stereocenters. The van der Waals surface area contributed by atoms with Crippen molar-refractivity contribution in [2.45, 2.75) is 19.6 Å². The molecule has 27 heavy (non-hydrogen) atoms. The average molecular weight is 395 g/mol. The molecule has 3 aromatic carbocycles. The van der Waals surface area contributed by atoms with E-state index >= 15 is 0 Å². The second-order valence-electron chi connectivity index (χ2n) is 5.74. The maximum Gasteiger partial charge on any atom is 0.118 e. The van der Waals surface area contributed by atoms with Crippen LogP contribution in [0.5, 0.6) is 11.5 Å². The molecule has 0 spiro atoms. The number of methoxy groups -OCH3 is 2. The molecule has 1 heterocycles. The maximum atomic E-state index is 5.23. The van der Waals surface area contributed by atoms with E-state index in [4.69, 9.17) is 9.47 Å². The van der Waals surface area contributed by atoms with Gasteiger partial charge in [-0.05, 0) is 60.7 Å². The molecule has 0 fully saturated rings. The SMILES string of the molecule is COc1ccc(Sc2ccc(Sc3ccc(OC)cc3)c3[nH]cnc23)cc1. The molecule has 4 nitrogen and oxygen atoms in total. The number of aromatic amines is 1. The molecule has 0 unspecified atom stereocenters. The van der Waals surface area contributed by atoms with Gasteiger partial charge in [0.15, 0.2) is 0 Å². The van der Waals surface area contributed by atoms with Gasteiger partial charge in [-0.25, -0.2) is 4.98 Å². The number of benzene rings is 3. The zero-order valence-electron chi connectivity index (χ0n) is 14.9. The normalized spacial score (nSPS) is 10.9. The van der Waals surface area contributed by atoms with Gasteiger partial charge in [0.2, 0.25) is 0 Å². The summed E-state index contributed by atoms with van der Waals surface area (Å²) in [6, 6.07) is 20.4. The highest BCUT2D eigenvalue weighted by Crippen LogP contribution is 2.39. The predicted octanol–water partition coefficient (Wildman–Crippen LogP) is 5.88. The van der Waals surface area contributed by atoms with Crippen LogP contribution in [-0.2, 0) is 0 Å². The van der Waals surface area contributed by atoms with Crippen LogP contribution in [0, 0.1) is 0 Å². The minimum atomic E-state index is 0.857. The summed E-state index contributed by atoms with van der Waals surface area (Å²) in [7, 11) is 3.35. The Morgan fingerprint density at radius 1 is 0.704 bits per heavy atom. The number of hydrogen-bond acceptors (Lipinski definition) is 5. The van der Waals surface area contributed by atoms with E-state index in [-0.39, 0.29) is 0 Å². The van der Waals surface area contributed by atoms with Crippen molar-refractivity contribution in [1.82, 2.24) is 9.97 Å². The molecule has 4 aromatic rings. The van der Waals surface area contributed by atoms with Crippen molar-refractivity contribution in [3.63, 3.8) is 0 Å². The Morgan fingerprint density at radius 2 is 1.22 bits per heavy atom. The Hall–Kier alpha value is -2.57. The topological polar surface area (TPSA) is 47.1 Å². The molecule has 0 bridgehead atoms. The van der Waals surface area contributed by atoms with Gasteiger partial charge in [-0.2, -0.15) is 0 Å². The van der Waals surface area contributed by atoms with Gasteiger partial charge in [-0.1, -0.05) is 23.5 Å². The molecule has 6 heteroatoms. The Kier molecular flexibility index (Phi) is 5.27. The third-order valence-electron chi connectivity index (χ3n) is 4.08. The number of ether oxygens (including phenoxy) is 2. The highest BCUT2D eigenvalue weighted by Gasteiger charge is 2.11. The third-order valence-corrected chi connectivity index (χ3v) is 6.20. The van der Waals surface area contributed by atoms with Crippen LogP contribution < -0.4 is 9.47 Å². The van der Waals surface area contributed by atoms with Crippen LogP contribution in [0.3, 0.4) is 0 Å². The Balaban J connectivity index is 1.61. The Bertz CT molecular complexity index is 961. The number of aromatic nitrogens is 2. The largest absolute Gasteiger partial charge is 0.497 e. The number of nitrogens with zero attached hydrogens (tertiary/aromatic N) is 1. The van der Waals surface area contributed by atoms with E-state index in [1.807, 2.05) is 24.3 Å². The van der Waals surface area contributed by atoms with Crippen LogP contribution in [0.25, 0.3) is 11.0 Å². The Labute approximate surface area is 166 Å². The van der Waals surface area contributed by atoms with Crippen molar-refractivity contribution in [2.24, 2.45) is 0 Å². The van der Waals surface area contributed by atoms with Gasteiger partial charge in [-0.3, -0.25) is 0 Å². The van der Waals surface area contributed by atoms with Crippen molar-refractivity contribution < 1.29 is 9.47 Å². The summed E-state index contributed by atoms with van der Waals surface area (Å²) in [6.45, 7) is 0. The number of fused-ring (bicyclic) bond motifs is 1. The molecule has 136 valence electrons. The first-order chi connectivity index (χ1) is 13.3. The molecule has 0 aliphatic heterocycles. The van der Waals surface area contributed by atoms with Crippen molar-refractivity contribution >= 4 is 34.6 Å². The van der Waals surface area contributed by atoms with Gasteiger partial charge in [0.05, 0.1) is 26.1 Å². The third kappa shape index (κ3) is 3.91. The predicted molar refractivity (Wildman–Crippen MR) is 110 cm³/mol. The maximum absolute atomic E-state index is 5.23. The van der Waals surface area contributed by atoms with Crippen LogP contribution in [0.2, 0.25) is 0 Å². The summed E-state index contributed by atoms with van der Waals surface area (Å²) in [5, 5.41) is 0. The summed E-state index contributed by atoms with van der Waals surface area (Å²) in [5.74, 6) is 1.72. The highest BCUT2D eigenvalue weighted by molar-refractivity contribution is 8.00. The summed E-state index contributed by atoms with van der Waals surface area (Å²) in [6.07, 6.45) is 1.75. The van der Waals surface area contributed by atoms with Crippen molar-refractivity contribution in [1.29, 1.82) is 0 Å². The molecular weight excluding hydrogens is 376 g/mol. The van der Waals surface area contributed by atoms with Crippen molar-refractivity contribution in [2.75, 3.05) is 14.2 Å². The molecule has 1 aromatic heterocycles. The molecule has 0 aliphatic carbocycles. The van der Waals surface area contributed by atoms with Crippen LogP contribution >= 0.6 is 23.5 Å². The first-order valence-corrected chi connectivity index (χ1v) is 10.00. The lowest BCUT2D eigenvalue weighted by Crippen LogP contribution is -1.84. The fourth-order valence-electron chi connectivity index (χ4n) is 2.69. The molecular formula is C21H18N2O2S2. The van der Waals surface area contributed by atoms with Gasteiger partial charge in [0, 0.05) is 19.6 Å². The lowest BCUT2D eigenvalue weighted by molar-refractivity contribution is 0.414. The minimum Gasteiger partial charge on any atom is -0.497 e. The quantitative estimate of drug-likeness (QED) is 0.442. The van der Waals surface area contributed by atoms with E-state index in [0.29, 0.717) is 0 Å². The zero-order chi connectivity index (χ0) is 18.6. The van der Waals surface area contributed by atoms with Gasteiger partial charge in [0.1, 0.15) is 17.0 Å². The molecule has 0 amide bonds. The number of imidazole rings is 1. The number of nitrogens with one attached hydrogen (secondary N) is 1. The van der Waals surface area contributed by atoms with E-state index in [0.717, 1.165) is 42.1 Å². The van der Waals surface area contributed by atoms with Crippen LogP contribution in [0.4, 0.5) is 0 Å². The molecule has 0 saturated heterocycles. The number of hydrogen-bond donors (Lipinski definition) is 1. The fourth-order valence-corrected chi connectivity index (χ4v) is 4.52. The second-order valence-corrected chi connectivity index (χ2v) is 7.97. The van der Waals surface area contributed by atoms with Crippen LogP contribution in [-0.4, -0.2) is 24.2 Å². The monoisotopic (exact) mass is 394 g/mol. The summed E-state index contributed by atoms with van der Waals surface area (Å²) >= 11 is 3.41. The molecule has 0 saturated carbocycles. The summed E-state index contributed by atoms with van der Waals surface area (Å²) < 4.78 is 10.5. The molecule has 1 N–H and O–H groups in total. The van der Waals surface area contributed by atoms with Crippen molar-refractivity contribution in [3.8, 4) is 11.5 Å². The number of H-pyrrole nitrogens is 1. The summed E-state index contributed by atoms with van der Waals surface area (Å²) in [4.78, 5) is 12.4. The molecule has 0 aliphatic rings. The van der Waals surface area contributed by atoms with E-state index in [2.05, 4.69) is 46.4 Å². The van der Waals surface area contributed by atoms with Crippen molar-refractivity contribution in [3.05, 3.63) is 67.0 Å². The van der Waals surface area contributed by atoms with E-state index < -0.39 is 0 Å². The van der Waals surface area contributed by atoms with E-state index in [1.165, 1.54) is 0 Å². The Morgan fingerprint density at radius 3 is 1.78 bits per heavy atom. The average Bonchev–Trinajstić information content (AvgIpc) is 3.21. The van der Waals surface area contributed by atoms with E-state index in [9.17, 15) is 0 Å². The zero-order valence-corrected chi connectivity index (χ0v) is 16.6. The lowest BCUT2D eigenvalue weighted by atomic mass is 10.3. The second kappa shape index (κ2) is 7.98. The van der Waals surface area contributed by atoms with Gasteiger partial charge in [0.25, 0.3) is 0 Å². The van der Waals surface area contributed by atoms with Crippen LogP contribution in [0.1, 0.15) is 0 Å². The standard InChI is InChI=1S/C21H18N2O2S2/c1-24-14-3-7-16(8-4-14)26-18-11-12-19(21-20(18)22-13-23-21)27-17-9-5-15(25-2)6-10-17/h3-13H,1-2H3,(H,22,23). The smallest absolute Gasteiger partial charge is 0.118 e. The first-order valence-electron chi connectivity index (χ1n) is 8.37. The van der Waals surface area contributed by atoms with Gasteiger partial charge in [-0.15, -0.1) is 0 Å². The first kappa shape index (κ1) is 17.8. The minimum absolute atomic E-state index is 0.857. The highest BCUT2D eigenvalue weighted by atomic mass is 32.2. The lowest BCUT2D eigenvalue weighted by Gasteiger charge is -2.08. The van der Waals surface area contributed by atoms with Gasteiger partial charge >= 0.3 is 0 Å².